The van der Waals surface area contributed by atoms with Crippen molar-refractivity contribution in [3.63, 3.8) is 0 Å². The van der Waals surface area contributed by atoms with Gasteiger partial charge in [0.25, 0.3) is 0 Å². The molecule has 1 aliphatic carbocycles. The zero-order valence-corrected chi connectivity index (χ0v) is 20.9. The van der Waals surface area contributed by atoms with E-state index in [2.05, 4.69) is 41.1 Å². The van der Waals surface area contributed by atoms with Gasteiger partial charge >= 0.3 is 0 Å². The summed E-state index contributed by atoms with van der Waals surface area (Å²) in [6, 6.07) is 10.1. The van der Waals surface area contributed by atoms with Crippen molar-refractivity contribution in [1.29, 1.82) is 0 Å². The molecule has 2 aromatic heterocycles. The topological polar surface area (TPSA) is 57.5 Å². The van der Waals surface area contributed by atoms with E-state index in [0.717, 1.165) is 48.3 Å². The molecule has 0 saturated carbocycles. The molecule has 5 rings (SSSR count). The first-order valence-corrected chi connectivity index (χ1v) is 12.2. The van der Waals surface area contributed by atoms with Crippen LogP contribution in [-0.4, -0.2) is 82.7 Å². The quantitative estimate of drug-likeness (QED) is 0.547. The molecule has 1 fully saturated rings. The van der Waals surface area contributed by atoms with Gasteiger partial charge in [0, 0.05) is 68.7 Å². The fraction of sp³-hybridized carbons (Fsp3) is 0.444. The number of hydrogen-bond acceptors (Lipinski definition) is 5. The van der Waals surface area contributed by atoms with Crippen LogP contribution in [0.5, 0.6) is 0 Å². The fourth-order valence-corrected chi connectivity index (χ4v) is 5.55. The van der Waals surface area contributed by atoms with E-state index in [4.69, 9.17) is 4.98 Å². The zero-order valence-electron chi connectivity index (χ0n) is 20.9. The largest absolute Gasteiger partial charge is 0.347 e. The first-order valence-electron chi connectivity index (χ1n) is 12.2. The summed E-state index contributed by atoms with van der Waals surface area (Å²) in [7, 11) is 7.71. The molecule has 184 valence electrons. The molecule has 3 aromatic rings. The molecular formula is C27H33FN6O. The van der Waals surface area contributed by atoms with Gasteiger partial charge < -0.3 is 9.80 Å². The van der Waals surface area contributed by atoms with Crippen molar-refractivity contribution in [1.82, 2.24) is 29.5 Å². The van der Waals surface area contributed by atoms with Crippen molar-refractivity contribution in [3.8, 4) is 11.3 Å². The van der Waals surface area contributed by atoms with Crippen LogP contribution in [0.2, 0.25) is 0 Å². The highest BCUT2D eigenvalue weighted by atomic mass is 19.1. The molecule has 1 unspecified atom stereocenters. The Balaban J connectivity index is 1.33. The average Bonchev–Trinajstić information content (AvgIpc) is 3.57. The molecule has 0 radical (unpaired) electrons. The molecular weight excluding hydrogens is 443 g/mol. The number of amides is 1. The number of halogens is 1. The number of likely N-dealkylation sites (N-methyl/N-ethyl adjacent to an activating group) is 2. The molecule has 0 spiro atoms. The van der Waals surface area contributed by atoms with E-state index in [-0.39, 0.29) is 24.3 Å². The average molecular weight is 477 g/mol. The van der Waals surface area contributed by atoms with Crippen LogP contribution in [0.1, 0.15) is 35.1 Å². The smallest absolute Gasteiger partial charge is 0.243 e. The number of aromatic nitrogens is 3. The van der Waals surface area contributed by atoms with E-state index in [9.17, 15) is 9.18 Å². The van der Waals surface area contributed by atoms with Gasteiger partial charge in [0.15, 0.2) is 0 Å². The number of benzene rings is 1. The van der Waals surface area contributed by atoms with Gasteiger partial charge in [-0.1, -0.05) is 18.2 Å². The second-order valence-corrected chi connectivity index (χ2v) is 10.1. The second-order valence-electron chi connectivity index (χ2n) is 10.1. The molecule has 0 N–H and O–H groups in total. The number of carbonyl (C=O) groups is 1. The van der Waals surface area contributed by atoms with Crippen LogP contribution in [0.25, 0.3) is 11.3 Å². The molecule has 0 bridgehead atoms. The van der Waals surface area contributed by atoms with Crippen LogP contribution in [0, 0.1) is 5.82 Å². The van der Waals surface area contributed by atoms with Gasteiger partial charge in [-0.05, 0) is 50.2 Å². The number of aryl methyl sites for hydroxylation is 1. The minimum absolute atomic E-state index is 0.00626. The molecule has 3 heterocycles. The minimum atomic E-state index is -0.0753. The Morgan fingerprint density at radius 2 is 1.94 bits per heavy atom. The maximum Gasteiger partial charge on any atom is 0.243 e. The van der Waals surface area contributed by atoms with Crippen molar-refractivity contribution in [2.24, 2.45) is 0 Å². The lowest BCUT2D eigenvalue weighted by Gasteiger charge is -2.26. The van der Waals surface area contributed by atoms with Crippen molar-refractivity contribution in [2.75, 3.05) is 41.3 Å². The third-order valence-corrected chi connectivity index (χ3v) is 7.52. The molecule has 7 nitrogen and oxygen atoms in total. The number of likely N-dealkylation sites (tertiary alicyclic amines) is 1. The van der Waals surface area contributed by atoms with E-state index in [1.165, 1.54) is 5.56 Å². The highest BCUT2D eigenvalue weighted by Crippen LogP contribution is 2.42. The highest BCUT2D eigenvalue weighted by Gasteiger charge is 2.41. The van der Waals surface area contributed by atoms with Crippen molar-refractivity contribution < 1.29 is 9.18 Å². The molecule has 1 aliphatic heterocycles. The van der Waals surface area contributed by atoms with Crippen LogP contribution < -0.4 is 0 Å². The zero-order chi connectivity index (χ0) is 24.7. The molecule has 1 amide bonds. The first-order chi connectivity index (χ1) is 16.8. The van der Waals surface area contributed by atoms with Gasteiger partial charge in [-0.25, -0.2) is 4.39 Å². The Morgan fingerprint density at radius 3 is 2.66 bits per heavy atom. The monoisotopic (exact) mass is 476 g/mol. The molecule has 1 saturated heterocycles. The Kier molecular flexibility index (Phi) is 6.42. The van der Waals surface area contributed by atoms with Gasteiger partial charge in [0.05, 0.1) is 11.9 Å². The Bertz CT molecular complexity index is 1200. The van der Waals surface area contributed by atoms with Crippen molar-refractivity contribution in [2.45, 2.75) is 37.4 Å². The van der Waals surface area contributed by atoms with E-state index >= 15 is 0 Å². The van der Waals surface area contributed by atoms with E-state index in [1.54, 1.807) is 35.9 Å². The predicted molar refractivity (Wildman–Crippen MR) is 133 cm³/mol. The van der Waals surface area contributed by atoms with Gasteiger partial charge in [-0.3, -0.25) is 19.4 Å². The van der Waals surface area contributed by atoms with Crippen molar-refractivity contribution >= 4 is 5.91 Å². The number of nitrogens with zero attached hydrogens (tertiary/aromatic N) is 6. The SMILES string of the molecule is CN(C)C(=O)Cn1cc(-c2ccc([C@@H]3CN(C4CCc5cccc(F)c54)C[C@H]3N(C)C)cn2)cn1. The Hall–Kier alpha value is -3.10. The van der Waals surface area contributed by atoms with E-state index < -0.39 is 0 Å². The standard InChI is InChI=1S/C27H33FN6O/c1-31(2)25-16-33(24-11-9-18-6-5-7-22(28)27(18)24)15-21(25)19-8-10-23(29-12-19)20-13-30-34(14-20)17-26(35)32(3)4/h5-8,10,12-14,21,24-25H,9,11,15-17H2,1-4H3/t21-,24?,25+/m0/s1. The number of fused-ring (bicyclic) bond motifs is 1. The number of pyridine rings is 1. The van der Waals surface area contributed by atoms with Crippen LogP contribution in [0.15, 0.2) is 48.9 Å². The normalized spacial score (nSPS) is 22.1. The minimum Gasteiger partial charge on any atom is -0.347 e. The predicted octanol–water partition coefficient (Wildman–Crippen LogP) is 3.19. The second kappa shape index (κ2) is 9.51. The Morgan fingerprint density at radius 1 is 1.11 bits per heavy atom. The van der Waals surface area contributed by atoms with Crippen LogP contribution in [0.3, 0.4) is 0 Å². The van der Waals surface area contributed by atoms with Crippen LogP contribution in [-0.2, 0) is 17.8 Å². The molecule has 35 heavy (non-hydrogen) atoms. The number of hydrogen-bond donors (Lipinski definition) is 0. The summed E-state index contributed by atoms with van der Waals surface area (Å²) in [6.45, 7) is 2.00. The van der Waals surface area contributed by atoms with Crippen LogP contribution in [0.4, 0.5) is 4.39 Å². The maximum atomic E-state index is 14.7. The third kappa shape index (κ3) is 4.60. The summed E-state index contributed by atoms with van der Waals surface area (Å²) in [5.41, 5.74) is 4.96. The van der Waals surface area contributed by atoms with E-state index in [0.29, 0.717) is 12.0 Å². The lowest BCUT2D eigenvalue weighted by molar-refractivity contribution is -0.129. The van der Waals surface area contributed by atoms with Crippen LogP contribution >= 0.6 is 0 Å². The summed E-state index contributed by atoms with van der Waals surface area (Å²) < 4.78 is 16.4. The summed E-state index contributed by atoms with van der Waals surface area (Å²) in [5.74, 6) is 0.213. The first kappa shape index (κ1) is 23.6. The summed E-state index contributed by atoms with van der Waals surface area (Å²) in [5, 5.41) is 4.31. The van der Waals surface area contributed by atoms with Gasteiger partial charge in [0.1, 0.15) is 12.4 Å². The molecule has 1 aromatic carbocycles. The molecule has 8 heteroatoms. The van der Waals surface area contributed by atoms with Crippen molar-refractivity contribution in [3.05, 3.63) is 71.4 Å². The van der Waals surface area contributed by atoms with Gasteiger partial charge in [0.2, 0.25) is 5.91 Å². The summed E-state index contributed by atoms with van der Waals surface area (Å²) in [6.07, 6.45) is 7.48. The summed E-state index contributed by atoms with van der Waals surface area (Å²) in [4.78, 5) is 23.0. The lowest BCUT2D eigenvalue weighted by atomic mass is 9.94. The summed E-state index contributed by atoms with van der Waals surface area (Å²) >= 11 is 0. The lowest BCUT2D eigenvalue weighted by Crippen LogP contribution is -2.35. The van der Waals surface area contributed by atoms with Gasteiger partial charge in [-0.15, -0.1) is 0 Å². The number of rotatable bonds is 6. The Labute approximate surface area is 206 Å². The fourth-order valence-electron chi connectivity index (χ4n) is 5.55. The van der Waals surface area contributed by atoms with E-state index in [1.807, 2.05) is 24.5 Å². The molecule has 2 aliphatic rings. The highest BCUT2D eigenvalue weighted by molar-refractivity contribution is 5.75. The third-order valence-electron chi connectivity index (χ3n) is 7.52. The van der Waals surface area contributed by atoms with Gasteiger partial charge in [-0.2, -0.15) is 5.10 Å². The maximum absolute atomic E-state index is 14.7. The number of carbonyl (C=O) groups excluding carboxylic acids is 1. The molecule has 3 atom stereocenters.